The minimum Gasteiger partial charge on any atom is -0.409 e. The van der Waals surface area contributed by atoms with Gasteiger partial charge in [0.15, 0.2) is 5.84 Å². The molecule has 1 saturated heterocycles. The average Bonchev–Trinajstić information content (AvgIpc) is 2.37. The molecule has 2 atom stereocenters. The highest BCUT2D eigenvalue weighted by Crippen LogP contribution is 2.22. The maximum Gasteiger partial charge on any atom is 0.233 e. The topological polar surface area (TPSA) is 99.2 Å². The monoisotopic (exact) mass is 257 g/mol. The van der Waals surface area contributed by atoms with Gasteiger partial charge in [0, 0.05) is 6.54 Å². The summed E-state index contributed by atoms with van der Waals surface area (Å²) in [6.07, 6.45) is 2.76. The molecule has 0 aromatic rings. The third-order valence-corrected chi connectivity index (χ3v) is 3.49. The number of aliphatic hydroxyl groups excluding tert-OH is 1. The van der Waals surface area contributed by atoms with Gasteiger partial charge in [-0.25, -0.2) is 0 Å². The second-order valence-corrected chi connectivity index (χ2v) is 5.11. The summed E-state index contributed by atoms with van der Waals surface area (Å²) in [4.78, 5) is 14.1. The van der Waals surface area contributed by atoms with Gasteiger partial charge >= 0.3 is 0 Å². The van der Waals surface area contributed by atoms with E-state index in [1.807, 2.05) is 13.8 Å². The fraction of sp³-hybridized carbons (Fsp3) is 0.833. The van der Waals surface area contributed by atoms with E-state index in [-0.39, 0.29) is 30.3 Å². The van der Waals surface area contributed by atoms with Crippen LogP contribution < -0.4 is 5.73 Å². The molecule has 0 aromatic heterocycles. The number of rotatable bonds is 4. The maximum absolute atomic E-state index is 12.5. The number of nitrogens with zero attached hydrogens (tertiary/aromatic N) is 2. The molecule has 6 heteroatoms. The van der Waals surface area contributed by atoms with Crippen LogP contribution in [0.3, 0.4) is 0 Å². The Bertz CT molecular complexity index is 318. The van der Waals surface area contributed by atoms with Crippen molar-refractivity contribution >= 4 is 11.7 Å². The van der Waals surface area contributed by atoms with Gasteiger partial charge in [0.25, 0.3) is 0 Å². The Morgan fingerprint density at radius 2 is 2.17 bits per heavy atom. The van der Waals surface area contributed by atoms with Crippen molar-refractivity contribution < 1.29 is 15.1 Å². The maximum atomic E-state index is 12.5. The number of hydrogen-bond acceptors (Lipinski definition) is 4. The molecule has 2 unspecified atom stereocenters. The summed E-state index contributed by atoms with van der Waals surface area (Å²) < 4.78 is 0. The summed E-state index contributed by atoms with van der Waals surface area (Å²) in [6, 6.07) is -0.140. The number of amidine groups is 1. The summed E-state index contributed by atoms with van der Waals surface area (Å²) in [5, 5.41) is 21.1. The Balaban J connectivity index is 2.87. The average molecular weight is 257 g/mol. The predicted octanol–water partition coefficient (Wildman–Crippen LogP) is 0.378. The fourth-order valence-corrected chi connectivity index (χ4v) is 2.47. The van der Waals surface area contributed by atoms with Gasteiger partial charge in [-0.15, -0.1) is 0 Å². The molecule has 0 aliphatic carbocycles. The molecule has 1 aliphatic rings. The molecule has 0 saturated carbocycles. The van der Waals surface area contributed by atoms with Gasteiger partial charge in [0.1, 0.15) is 5.92 Å². The van der Waals surface area contributed by atoms with Crippen molar-refractivity contribution in [3.8, 4) is 0 Å². The summed E-state index contributed by atoms with van der Waals surface area (Å²) in [6.45, 7) is 4.32. The highest BCUT2D eigenvalue weighted by Gasteiger charge is 2.35. The van der Waals surface area contributed by atoms with Crippen molar-refractivity contribution in [1.82, 2.24) is 4.90 Å². The van der Waals surface area contributed by atoms with E-state index in [1.165, 1.54) is 0 Å². The zero-order valence-corrected chi connectivity index (χ0v) is 11.0. The van der Waals surface area contributed by atoms with Crippen LogP contribution in [0.4, 0.5) is 0 Å². The lowest BCUT2D eigenvalue weighted by atomic mass is 9.91. The van der Waals surface area contributed by atoms with Crippen LogP contribution in [0, 0.1) is 11.8 Å². The van der Waals surface area contributed by atoms with E-state index < -0.39 is 5.92 Å². The second-order valence-electron chi connectivity index (χ2n) is 5.11. The number of aliphatic hydroxyl groups is 1. The molecule has 0 spiro atoms. The van der Waals surface area contributed by atoms with Crippen LogP contribution >= 0.6 is 0 Å². The van der Waals surface area contributed by atoms with Crippen LogP contribution in [0.25, 0.3) is 0 Å². The molecule has 0 bridgehead atoms. The van der Waals surface area contributed by atoms with Gasteiger partial charge in [0.05, 0.1) is 12.6 Å². The van der Waals surface area contributed by atoms with Crippen LogP contribution in [0.15, 0.2) is 5.16 Å². The van der Waals surface area contributed by atoms with Crippen LogP contribution in [-0.4, -0.2) is 46.1 Å². The summed E-state index contributed by atoms with van der Waals surface area (Å²) >= 11 is 0. The lowest BCUT2D eigenvalue weighted by Crippen LogP contribution is -2.51. The molecule has 6 nitrogen and oxygen atoms in total. The van der Waals surface area contributed by atoms with E-state index >= 15 is 0 Å². The number of hydrogen-bond donors (Lipinski definition) is 3. The van der Waals surface area contributed by atoms with Crippen molar-refractivity contribution in [2.24, 2.45) is 22.7 Å². The fourth-order valence-electron chi connectivity index (χ4n) is 2.47. The third kappa shape index (κ3) is 3.13. The Labute approximate surface area is 107 Å². The van der Waals surface area contributed by atoms with Crippen molar-refractivity contribution in [2.45, 2.75) is 39.2 Å². The van der Waals surface area contributed by atoms with Gasteiger partial charge in [0.2, 0.25) is 5.91 Å². The highest BCUT2D eigenvalue weighted by molar-refractivity contribution is 6.02. The molecule has 0 aromatic carbocycles. The first kappa shape index (κ1) is 14.8. The highest BCUT2D eigenvalue weighted by atomic mass is 16.4. The first-order valence-corrected chi connectivity index (χ1v) is 6.41. The zero-order valence-electron chi connectivity index (χ0n) is 11.0. The zero-order chi connectivity index (χ0) is 13.7. The number of nitrogens with two attached hydrogens (primary N) is 1. The Morgan fingerprint density at radius 3 is 2.67 bits per heavy atom. The van der Waals surface area contributed by atoms with Gasteiger partial charge in [-0.3, -0.25) is 4.79 Å². The van der Waals surface area contributed by atoms with Crippen LogP contribution in [0.5, 0.6) is 0 Å². The lowest BCUT2D eigenvalue weighted by molar-refractivity contribution is -0.139. The molecule has 1 amide bonds. The van der Waals surface area contributed by atoms with E-state index in [0.717, 1.165) is 19.3 Å². The molecule has 4 N–H and O–H groups in total. The molecule has 1 aliphatic heterocycles. The number of likely N-dealkylation sites (tertiary alicyclic amines) is 1. The van der Waals surface area contributed by atoms with Crippen molar-refractivity contribution in [2.75, 3.05) is 13.2 Å². The van der Waals surface area contributed by atoms with E-state index in [4.69, 9.17) is 10.9 Å². The summed E-state index contributed by atoms with van der Waals surface area (Å²) in [5.74, 6) is -0.881. The Kier molecular flexibility index (Phi) is 5.40. The Hall–Kier alpha value is -1.30. The van der Waals surface area contributed by atoms with Gasteiger partial charge in [-0.1, -0.05) is 19.0 Å². The molecule has 1 fully saturated rings. The second kappa shape index (κ2) is 6.58. The van der Waals surface area contributed by atoms with E-state index in [2.05, 4.69) is 5.16 Å². The van der Waals surface area contributed by atoms with Gasteiger partial charge < -0.3 is 20.9 Å². The Morgan fingerprint density at radius 1 is 1.50 bits per heavy atom. The third-order valence-electron chi connectivity index (χ3n) is 3.49. The molecule has 1 heterocycles. The minimum absolute atomic E-state index is 0.0350. The quantitative estimate of drug-likeness (QED) is 0.293. The summed E-state index contributed by atoms with van der Waals surface area (Å²) in [5.41, 5.74) is 5.60. The molecule has 0 radical (unpaired) electrons. The lowest BCUT2D eigenvalue weighted by Gasteiger charge is -2.37. The number of carbonyl (C=O) groups is 1. The van der Waals surface area contributed by atoms with E-state index in [0.29, 0.717) is 6.54 Å². The predicted molar refractivity (Wildman–Crippen MR) is 68.2 cm³/mol. The van der Waals surface area contributed by atoms with Crippen molar-refractivity contribution in [3.63, 3.8) is 0 Å². The van der Waals surface area contributed by atoms with Gasteiger partial charge in [-0.05, 0) is 25.2 Å². The van der Waals surface area contributed by atoms with Crippen molar-refractivity contribution in [3.05, 3.63) is 0 Å². The number of carbonyl (C=O) groups excluding carboxylic acids is 1. The van der Waals surface area contributed by atoms with Gasteiger partial charge in [-0.2, -0.15) is 0 Å². The standard InChI is InChI=1S/C12H23N3O3/c1-8(2)10(11(13)14-18)12(17)15-6-4-3-5-9(15)7-16/h8-10,16,18H,3-7H2,1-2H3,(H2,13,14). The van der Waals surface area contributed by atoms with E-state index in [9.17, 15) is 9.90 Å². The smallest absolute Gasteiger partial charge is 0.233 e. The number of piperidine rings is 1. The summed E-state index contributed by atoms with van der Waals surface area (Å²) in [7, 11) is 0. The van der Waals surface area contributed by atoms with Crippen LogP contribution in [0.2, 0.25) is 0 Å². The molecular formula is C12H23N3O3. The first-order chi connectivity index (χ1) is 8.52. The number of oxime groups is 1. The largest absolute Gasteiger partial charge is 0.409 e. The molecule has 104 valence electrons. The van der Waals surface area contributed by atoms with Crippen molar-refractivity contribution in [1.29, 1.82) is 0 Å². The van der Waals surface area contributed by atoms with Crippen LogP contribution in [-0.2, 0) is 4.79 Å². The first-order valence-electron chi connectivity index (χ1n) is 6.41. The molecule has 1 rings (SSSR count). The minimum atomic E-state index is -0.623. The number of amides is 1. The van der Waals surface area contributed by atoms with Crippen LogP contribution in [0.1, 0.15) is 33.1 Å². The normalized spacial score (nSPS) is 23.2. The molecule has 18 heavy (non-hydrogen) atoms. The molecular weight excluding hydrogens is 234 g/mol. The van der Waals surface area contributed by atoms with E-state index in [1.54, 1.807) is 4.90 Å². The SMILES string of the molecule is CC(C)C(C(=O)N1CCCCC1CO)C(N)=NO.